The SMILES string of the molecule is CN(C)C1CCN(c2nc(-c3ccc(C#N)cc3)c(-c3ccc4c(cnn4C)c3)c3nccn23)CC1. The first-order chi connectivity index (χ1) is 17.5. The molecule has 2 aromatic carbocycles. The van der Waals surface area contributed by atoms with Gasteiger partial charge in [0.05, 0.1) is 34.6 Å². The van der Waals surface area contributed by atoms with E-state index in [-0.39, 0.29) is 0 Å². The summed E-state index contributed by atoms with van der Waals surface area (Å²) in [5, 5.41) is 14.8. The van der Waals surface area contributed by atoms with Gasteiger partial charge in [0.15, 0.2) is 0 Å². The van der Waals surface area contributed by atoms with Crippen LogP contribution in [-0.4, -0.2) is 62.3 Å². The van der Waals surface area contributed by atoms with Crippen LogP contribution in [0.1, 0.15) is 18.4 Å². The van der Waals surface area contributed by atoms with E-state index < -0.39 is 0 Å². The Morgan fingerprint density at radius 3 is 2.50 bits per heavy atom. The van der Waals surface area contributed by atoms with Crippen LogP contribution >= 0.6 is 0 Å². The van der Waals surface area contributed by atoms with Crippen LogP contribution in [0.5, 0.6) is 0 Å². The topological polar surface area (TPSA) is 78.3 Å². The van der Waals surface area contributed by atoms with Crippen LogP contribution in [0.15, 0.2) is 61.1 Å². The van der Waals surface area contributed by atoms with Gasteiger partial charge in [-0.2, -0.15) is 10.4 Å². The Bertz CT molecular complexity index is 1590. The molecule has 0 radical (unpaired) electrons. The molecule has 0 amide bonds. The van der Waals surface area contributed by atoms with E-state index >= 15 is 0 Å². The number of aryl methyl sites for hydroxylation is 1. The number of hydrogen-bond acceptors (Lipinski definition) is 6. The fourth-order valence-electron chi connectivity index (χ4n) is 5.27. The van der Waals surface area contributed by atoms with Crippen molar-refractivity contribution in [3.05, 3.63) is 66.6 Å². The molecule has 0 atom stereocenters. The molecule has 0 N–H and O–H groups in total. The van der Waals surface area contributed by atoms with Gasteiger partial charge in [-0.25, -0.2) is 9.97 Å². The van der Waals surface area contributed by atoms with E-state index in [4.69, 9.17) is 9.97 Å². The summed E-state index contributed by atoms with van der Waals surface area (Å²) in [5.41, 5.74) is 6.42. The number of aromatic nitrogens is 5. The maximum Gasteiger partial charge on any atom is 0.211 e. The van der Waals surface area contributed by atoms with Crippen LogP contribution in [0.3, 0.4) is 0 Å². The molecule has 8 heteroatoms. The second-order valence-electron chi connectivity index (χ2n) is 9.67. The number of fused-ring (bicyclic) bond motifs is 2. The zero-order valence-corrected chi connectivity index (χ0v) is 20.8. The lowest BCUT2D eigenvalue weighted by Crippen LogP contribution is -2.43. The Labute approximate surface area is 210 Å². The van der Waals surface area contributed by atoms with Crippen molar-refractivity contribution in [2.45, 2.75) is 18.9 Å². The first-order valence-electron chi connectivity index (χ1n) is 12.2. The van der Waals surface area contributed by atoms with Gasteiger partial charge in [-0.05, 0) is 56.8 Å². The van der Waals surface area contributed by atoms with Gasteiger partial charge in [0, 0.05) is 49.5 Å². The van der Waals surface area contributed by atoms with Crippen molar-refractivity contribution in [3.63, 3.8) is 0 Å². The molecular formula is C28H28N8. The maximum absolute atomic E-state index is 9.33. The van der Waals surface area contributed by atoms with Gasteiger partial charge in [-0.3, -0.25) is 9.08 Å². The number of nitriles is 1. The van der Waals surface area contributed by atoms with Crippen LogP contribution in [0.4, 0.5) is 5.95 Å². The zero-order chi connectivity index (χ0) is 24.8. The van der Waals surface area contributed by atoms with Crippen molar-refractivity contribution in [3.8, 4) is 28.5 Å². The van der Waals surface area contributed by atoms with Gasteiger partial charge < -0.3 is 9.80 Å². The molecule has 0 aliphatic carbocycles. The molecule has 180 valence electrons. The normalized spacial score (nSPS) is 14.7. The predicted octanol–water partition coefficient (Wildman–Crippen LogP) is 4.35. The molecule has 1 fully saturated rings. The van der Waals surface area contributed by atoms with Crippen molar-refractivity contribution in [2.75, 3.05) is 32.1 Å². The minimum absolute atomic E-state index is 0.586. The predicted molar refractivity (Wildman–Crippen MR) is 142 cm³/mol. The third-order valence-corrected chi connectivity index (χ3v) is 7.33. The summed E-state index contributed by atoms with van der Waals surface area (Å²) in [6.45, 7) is 1.88. The molecule has 0 bridgehead atoms. The minimum atomic E-state index is 0.586. The average molecular weight is 477 g/mol. The smallest absolute Gasteiger partial charge is 0.211 e. The maximum atomic E-state index is 9.33. The van der Waals surface area contributed by atoms with Gasteiger partial charge in [0.2, 0.25) is 5.95 Å². The number of rotatable bonds is 4. The number of imidazole rings is 1. The molecule has 3 aromatic heterocycles. The lowest BCUT2D eigenvalue weighted by atomic mass is 9.98. The van der Waals surface area contributed by atoms with E-state index in [1.54, 1.807) is 0 Å². The molecule has 0 unspecified atom stereocenters. The highest BCUT2D eigenvalue weighted by Crippen LogP contribution is 2.37. The summed E-state index contributed by atoms with van der Waals surface area (Å²) in [7, 11) is 6.26. The van der Waals surface area contributed by atoms with Crippen LogP contribution in [0, 0.1) is 11.3 Å². The highest BCUT2D eigenvalue weighted by atomic mass is 15.3. The number of piperidine rings is 1. The van der Waals surface area contributed by atoms with Crippen molar-refractivity contribution < 1.29 is 0 Å². The van der Waals surface area contributed by atoms with Gasteiger partial charge in [0.1, 0.15) is 5.65 Å². The van der Waals surface area contributed by atoms with E-state index in [0.29, 0.717) is 11.6 Å². The first kappa shape index (κ1) is 22.3. The summed E-state index contributed by atoms with van der Waals surface area (Å²) in [6, 6.07) is 16.8. The van der Waals surface area contributed by atoms with Crippen LogP contribution in [-0.2, 0) is 7.05 Å². The highest BCUT2D eigenvalue weighted by Gasteiger charge is 2.26. The molecule has 6 rings (SSSR count). The van der Waals surface area contributed by atoms with Gasteiger partial charge in [0.25, 0.3) is 0 Å². The largest absolute Gasteiger partial charge is 0.342 e. The molecule has 4 heterocycles. The Hall–Kier alpha value is -4.22. The number of benzene rings is 2. The fourth-order valence-corrected chi connectivity index (χ4v) is 5.27. The van der Waals surface area contributed by atoms with Crippen LogP contribution in [0.25, 0.3) is 38.9 Å². The standard InChI is InChI=1S/C28H28N8/c1-33(2)23-10-13-35(14-11-23)28-32-26(20-6-4-19(17-29)5-7-20)25(27-30-12-15-36(27)28)21-8-9-24-22(16-21)18-31-34(24)3/h4-9,12,15-16,18,23H,10-11,13-14H2,1-3H3. The van der Waals surface area contributed by atoms with Crippen molar-refractivity contribution in [1.29, 1.82) is 5.26 Å². The van der Waals surface area contributed by atoms with Gasteiger partial charge in [-0.1, -0.05) is 18.2 Å². The Morgan fingerprint density at radius 2 is 1.78 bits per heavy atom. The van der Waals surface area contributed by atoms with E-state index in [1.165, 1.54) is 0 Å². The highest BCUT2D eigenvalue weighted by molar-refractivity contribution is 5.95. The summed E-state index contributed by atoms with van der Waals surface area (Å²) in [5.74, 6) is 0.908. The molecule has 1 aliphatic heterocycles. The Balaban J connectivity index is 1.55. The van der Waals surface area contributed by atoms with Crippen molar-refractivity contribution >= 4 is 22.5 Å². The van der Waals surface area contributed by atoms with Gasteiger partial charge in [-0.15, -0.1) is 0 Å². The molecule has 8 nitrogen and oxygen atoms in total. The molecule has 36 heavy (non-hydrogen) atoms. The summed E-state index contributed by atoms with van der Waals surface area (Å²) < 4.78 is 4.00. The zero-order valence-electron chi connectivity index (χ0n) is 20.8. The molecule has 1 saturated heterocycles. The molecule has 5 aromatic rings. The van der Waals surface area contributed by atoms with E-state index in [1.807, 2.05) is 54.6 Å². The number of hydrogen-bond donors (Lipinski definition) is 0. The Kier molecular flexibility index (Phi) is 5.42. The number of anilines is 1. The van der Waals surface area contributed by atoms with Crippen molar-refractivity contribution in [1.82, 2.24) is 29.0 Å². The Morgan fingerprint density at radius 1 is 1.03 bits per heavy atom. The van der Waals surface area contributed by atoms with Crippen LogP contribution < -0.4 is 4.90 Å². The van der Waals surface area contributed by atoms with E-state index in [9.17, 15) is 5.26 Å². The third kappa shape index (κ3) is 3.69. The van der Waals surface area contributed by atoms with Gasteiger partial charge >= 0.3 is 0 Å². The molecule has 0 saturated carbocycles. The molecule has 0 spiro atoms. The second-order valence-corrected chi connectivity index (χ2v) is 9.67. The minimum Gasteiger partial charge on any atom is -0.342 e. The summed E-state index contributed by atoms with van der Waals surface area (Å²) in [6.07, 6.45) is 7.93. The molecule has 1 aliphatic rings. The summed E-state index contributed by atoms with van der Waals surface area (Å²) >= 11 is 0. The monoisotopic (exact) mass is 476 g/mol. The average Bonchev–Trinajstić information content (AvgIpc) is 3.54. The van der Waals surface area contributed by atoms with E-state index in [0.717, 1.165) is 70.8 Å². The summed E-state index contributed by atoms with van der Waals surface area (Å²) in [4.78, 5) is 14.8. The molecular weight excluding hydrogens is 448 g/mol. The fraction of sp³-hybridized carbons (Fsp3) is 0.286. The second kappa shape index (κ2) is 8.77. The third-order valence-electron chi connectivity index (χ3n) is 7.33. The number of nitrogens with zero attached hydrogens (tertiary/aromatic N) is 8. The van der Waals surface area contributed by atoms with Crippen LogP contribution in [0.2, 0.25) is 0 Å². The van der Waals surface area contributed by atoms with E-state index in [2.05, 4.69) is 57.7 Å². The quantitative estimate of drug-likeness (QED) is 0.384. The lowest BCUT2D eigenvalue weighted by molar-refractivity contribution is 0.249. The first-order valence-corrected chi connectivity index (χ1v) is 12.2. The lowest BCUT2D eigenvalue weighted by Gasteiger charge is -2.36. The van der Waals surface area contributed by atoms with Crippen molar-refractivity contribution in [2.24, 2.45) is 7.05 Å².